The molecule has 0 saturated carbocycles. The van der Waals surface area contributed by atoms with E-state index in [1.54, 1.807) is 6.07 Å². The summed E-state index contributed by atoms with van der Waals surface area (Å²) in [5.74, 6) is -5.75. The van der Waals surface area contributed by atoms with E-state index in [2.05, 4.69) is 9.05 Å². The lowest BCUT2D eigenvalue weighted by Crippen LogP contribution is -2.33. The molecule has 1 spiro atoms. The van der Waals surface area contributed by atoms with Crippen molar-refractivity contribution in [3.63, 3.8) is 0 Å². The molecule has 15 heteroatoms. The first-order valence-electron chi connectivity index (χ1n) is 9.47. The Kier molecular flexibility index (Phi) is 5.08. The summed E-state index contributed by atoms with van der Waals surface area (Å²) in [4.78, 5) is 49.1. The Hall–Kier alpha value is -3.31. The minimum absolute atomic E-state index is 0.0678. The maximum absolute atomic E-state index is 14.9. The van der Waals surface area contributed by atoms with E-state index in [1.165, 1.54) is 18.2 Å². The number of esters is 1. The molecule has 2 aliphatic rings. The predicted molar refractivity (Wildman–Crippen MR) is 110 cm³/mol. The van der Waals surface area contributed by atoms with Crippen molar-refractivity contribution in [2.75, 3.05) is 0 Å². The monoisotopic (exact) mass is 528 g/mol. The van der Waals surface area contributed by atoms with E-state index in [1.807, 2.05) is 0 Å². The van der Waals surface area contributed by atoms with Gasteiger partial charge in [0.2, 0.25) is 0 Å². The molecule has 3 aromatic carbocycles. The number of rotatable bonds is 4. The Balaban J connectivity index is 1.81. The van der Waals surface area contributed by atoms with Crippen LogP contribution in [0.25, 0.3) is 0 Å². The number of hydrogen-bond acceptors (Lipinski definition) is 7. The summed E-state index contributed by atoms with van der Waals surface area (Å²) < 4.78 is 72.3. The van der Waals surface area contributed by atoms with E-state index in [4.69, 9.17) is 29.0 Å². The molecule has 2 aliphatic heterocycles. The van der Waals surface area contributed by atoms with Gasteiger partial charge in [-0.1, -0.05) is 18.2 Å². The zero-order valence-electron chi connectivity index (χ0n) is 16.9. The highest BCUT2D eigenvalue weighted by atomic mass is 31.2. The van der Waals surface area contributed by atoms with Gasteiger partial charge in [0.1, 0.15) is 11.5 Å². The second-order valence-electron chi connectivity index (χ2n) is 7.44. The lowest BCUT2D eigenvalue weighted by Gasteiger charge is -2.36. The molecular formula is C20H12F2O11P2. The van der Waals surface area contributed by atoms with Crippen LogP contribution in [0.5, 0.6) is 23.0 Å². The third-order valence-electron chi connectivity index (χ3n) is 5.25. The Labute approximate surface area is 193 Å². The molecule has 5 rings (SSSR count). The summed E-state index contributed by atoms with van der Waals surface area (Å²) in [5.41, 5.74) is -2.08. The zero-order chi connectivity index (χ0) is 25.3. The Bertz CT molecular complexity index is 1430. The first-order chi connectivity index (χ1) is 16.3. The van der Waals surface area contributed by atoms with Gasteiger partial charge in [-0.25, -0.2) is 22.7 Å². The van der Waals surface area contributed by atoms with Crippen LogP contribution in [0, 0.1) is 11.6 Å². The molecule has 0 atom stereocenters. The molecule has 0 saturated heterocycles. The first kappa shape index (κ1) is 23.4. The van der Waals surface area contributed by atoms with Crippen molar-refractivity contribution in [3.8, 4) is 23.0 Å². The maximum atomic E-state index is 14.9. The van der Waals surface area contributed by atoms with Crippen LogP contribution in [0.3, 0.4) is 0 Å². The second-order valence-corrected chi connectivity index (χ2v) is 9.77. The number of benzene rings is 3. The van der Waals surface area contributed by atoms with Gasteiger partial charge >= 0.3 is 21.6 Å². The summed E-state index contributed by atoms with van der Waals surface area (Å²) in [6.07, 6.45) is 0. The normalized spacial score (nSPS) is 15.5. The number of fused-ring (bicyclic) bond motifs is 6. The average molecular weight is 528 g/mol. The topological polar surface area (TPSA) is 169 Å². The number of carbonyl (C=O) groups excluding carboxylic acids is 1. The second kappa shape index (κ2) is 7.59. The van der Waals surface area contributed by atoms with Gasteiger partial charge in [0.25, 0.3) is 0 Å². The highest BCUT2D eigenvalue weighted by molar-refractivity contribution is 7.47. The van der Waals surface area contributed by atoms with Crippen molar-refractivity contribution in [2.24, 2.45) is 0 Å². The third-order valence-corrected chi connectivity index (χ3v) is 6.12. The van der Waals surface area contributed by atoms with Crippen molar-refractivity contribution < 1.29 is 60.8 Å². The summed E-state index contributed by atoms with van der Waals surface area (Å²) in [6.45, 7) is 0. The van der Waals surface area contributed by atoms with Gasteiger partial charge in [-0.2, -0.15) is 0 Å². The van der Waals surface area contributed by atoms with Gasteiger partial charge < -0.3 is 18.5 Å². The van der Waals surface area contributed by atoms with Gasteiger partial charge in [0.05, 0.1) is 16.7 Å². The lowest BCUT2D eigenvalue weighted by molar-refractivity contribution is 0.0222. The van der Waals surface area contributed by atoms with Crippen LogP contribution in [0.4, 0.5) is 8.78 Å². The number of phosphoric ester groups is 2. The highest BCUT2D eigenvalue weighted by Gasteiger charge is 2.54. The summed E-state index contributed by atoms with van der Waals surface area (Å²) in [5, 5.41) is 0. The van der Waals surface area contributed by atoms with Crippen molar-refractivity contribution in [1.29, 1.82) is 0 Å². The van der Waals surface area contributed by atoms with Crippen LogP contribution in [-0.2, 0) is 19.5 Å². The molecule has 182 valence electrons. The summed E-state index contributed by atoms with van der Waals surface area (Å²) in [6, 6.07) is 9.06. The smallest absolute Gasteiger partial charge is 0.456 e. The van der Waals surface area contributed by atoms with Crippen LogP contribution >= 0.6 is 15.6 Å². The molecule has 0 bridgehead atoms. The molecule has 35 heavy (non-hydrogen) atoms. The van der Waals surface area contributed by atoms with Crippen LogP contribution in [-0.4, -0.2) is 25.5 Å². The fourth-order valence-electron chi connectivity index (χ4n) is 4.07. The molecule has 3 aromatic rings. The molecule has 0 aliphatic carbocycles. The third kappa shape index (κ3) is 3.88. The van der Waals surface area contributed by atoms with Gasteiger partial charge in [-0.15, -0.1) is 0 Å². The standard InChI is InChI=1S/C20H12F2O11P2/c21-13-5-11-15(7-17(13)32-34(24,25)26)30-16-8-18(33-35(27,28)29)14(22)6-12(16)20(11)10-4-2-1-3-9(10)19(23)31-20/h1-8H,(H2,24,25,26)(H2,27,28,29). The van der Waals surface area contributed by atoms with Crippen LogP contribution in [0.15, 0.2) is 48.5 Å². The maximum Gasteiger partial charge on any atom is 0.524 e. The largest absolute Gasteiger partial charge is 0.524 e. The van der Waals surface area contributed by atoms with Gasteiger partial charge in [-0.05, 0) is 18.2 Å². The van der Waals surface area contributed by atoms with Crippen molar-refractivity contribution in [2.45, 2.75) is 5.60 Å². The first-order valence-corrected chi connectivity index (χ1v) is 12.5. The minimum atomic E-state index is -5.19. The molecule has 0 unspecified atom stereocenters. The minimum Gasteiger partial charge on any atom is -0.456 e. The van der Waals surface area contributed by atoms with E-state index < -0.39 is 50.3 Å². The Morgan fingerprint density at radius 3 is 1.74 bits per heavy atom. The number of phosphoric acid groups is 2. The fraction of sp³-hybridized carbons (Fsp3) is 0.0500. The molecule has 4 N–H and O–H groups in total. The predicted octanol–water partition coefficient (Wildman–Crippen LogP) is 3.48. The lowest BCUT2D eigenvalue weighted by atomic mass is 9.77. The Morgan fingerprint density at radius 2 is 1.26 bits per heavy atom. The quantitative estimate of drug-likeness (QED) is 0.289. The van der Waals surface area contributed by atoms with E-state index in [-0.39, 0.29) is 33.8 Å². The SMILES string of the molecule is O=C1OC2(c3cc(F)c(OP(=O)(O)O)cc3Oc3cc(OP(=O)(O)O)c(F)cc32)c2ccccc21. The van der Waals surface area contributed by atoms with Crippen LogP contribution in [0.2, 0.25) is 0 Å². The molecular weight excluding hydrogens is 516 g/mol. The number of hydrogen-bond donors (Lipinski definition) is 4. The Morgan fingerprint density at radius 1 is 0.771 bits per heavy atom. The molecule has 0 radical (unpaired) electrons. The molecule has 0 amide bonds. The van der Waals surface area contributed by atoms with E-state index >= 15 is 0 Å². The van der Waals surface area contributed by atoms with E-state index in [0.29, 0.717) is 0 Å². The number of carbonyl (C=O) groups is 1. The zero-order valence-corrected chi connectivity index (χ0v) is 18.7. The van der Waals surface area contributed by atoms with Crippen molar-refractivity contribution >= 4 is 21.6 Å². The average Bonchev–Trinajstić information content (AvgIpc) is 3.03. The summed E-state index contributed by atoms with van der Waals surface area (Å²) in [7, 11) is -10.4. The number of ether oxygens (including phenoxy) is 2. The van der Waals surface area contributed by atoms with E-state index in [9.17, 15) is 22.7 Å². The van der Waals surface area contributed by atoms with Gasteiger partial charge in [0, 0.05) is 17.7 Å². The highest BCUT2D eigenvalue weighted by Crippen LogP contribution is 2.58. The van der Waals surface area contributed by atoms with Gasteiger partial charge in [0.15, 0.2) is 28.7 Å². The molecule has 11 nitrogen and oxygen atoms in total. The molecule has 2 heterocycles. The van der Waals surface area contributed by atoms with Crippen molar-refractivity contribution in [3.05, 3.63) is 82.4 Å². The fourth-order valence-corrected chi connectivity index (χ4v) is 4.86. The van der Waals surface area contributed by atoms with Crippen LogP contribution < -0.4 is 13.8 Å². The van der Waals surface area contributed by atoms with Gasteiger partial charge in [-0.3, -0.25) is 19.6 Å². The number of halogens is 2. The molecule has 0 fully saturated rings. The summed E-state index contributed by atoms with van der Waals surface area (Å²) >= 11 is 0. The molecule has 0 aromatic heterocycles. The van der Waals surface area contributed by atoms with E-state index in [0.717, 1.165) is 24.3 Å². The van der Waals surface area contributed by atoms with Crippen LogP contribution in [0.1, 0.15) is 27.0 Å². The van der Waals surface area contributed by atoms with Crippen molar-refractivity contribution in [1.82, 2.24) is 0 Å².